The number of rotatable bonds is 8. The van der Waals surface area contributed by atoms with Crippen molar-refractivity contribution in [2.45, 2.75) is 33.4 Å². The van der Waals surface area contributed by atoms with Gasteiger partial charge in [0.05, 0.1) is 0 Å². The van der Waals surface area contributed by atoms with Crippen molar-refractivity contribution in [3.63, 3.8) is 0 Å². The molecule has 0 saturated heterocycles. The summed E-state index contributed by atoms with van der Waals surface area (Å²) < 4.78 is 3.04. The zero-order valence-corrected chi connectivity index (χ0v) is 17.7. The molecule has 0 fully saturated rings. The molecule has 24 heavy (non-hydrogen) atoms. The summed E-state index contributed by atoms with van der Waals surface area (Å²) in [4.78, 5) is 4.80. The van der Waals surface area contributed by atoms with Gasteiger partial charge in [-0.25, -0.2) is 0 Å². The van der Waals surface area contributed by atoms with E-state index in [1.54, 1.807) is 0 Å². The van der Waals surface area contributed by atoms with Crippen LogP contribution in [0.4, 0.5) is 11.4 Å². The Morgan fingerprint density at radius 1 is 0.583 bits per heavy atom. The Balaban J connectivity index is 2.15. The monoisotopic (exact) mass is 386 g/mol. The molecule has 0 aromatic heterocycles. The molecule has 0 N–H and O–H groups in total. The summed E-state index contributed by atoms with van der Waals surface area (Å²) in [5.41, 5.74) is 5.11. The number of hydrogen-bond donors (Lipinski definition) is 0. The molecule has 0 aliphatic carbocycles. The third-order valence-corrected chi connectivity index (χ3v) is 9.23. The topological polar surface area (TPSA) is 6.48 Å². The van der Waals surface area contributed by atoms with E-state index in [-0.39, 0.29) is 0 Å². The van der Waals surface area contributed by atoms with E-state index in [9.17, 15) is 0 Å². The van der Waals surface area contributed by atoms with Gasteiger partial charge < -0.3 is 0 Å². The zero-order chi connectivity index (χ0) is 17.5. The standard InChI is InChI=1S/C21H31AsN2/c1-6-23(7-2)20-14-10-18(11-15-20)22(5)19-12-16-21(17-13-19)24(8-3)9-4/h10-17H,6-9H2,1-5H3. The van der Waals surface area contributed by atoms with Gasteiger partial charge in [-0.3, -0.25) is 0 Å². The van der Waals surface area contributed by atoms with E-state index >= 15 is 0 Å². The molecule has 130 valence electrons. The average molecular weight is 386 g/mol. The second-order valence-electron chi connectivity index (χ2n) is 5.94. The molecular weight excluding hydrogens is 355 g/mol. The Bertz CT molecular complexity index is 543. The summed E-state index contributed by atoms with van der Waals surface area (Å²) in [5, 5.41) is 0. The fourth-order valence-corrected chi connectivity index (χ4v) is 6.23. The van der Waals surface area contributed by atoms with Crippen LogP contribution in [0.15, 0.2) is 48.5 Å². The molecule has 0 saturated carbocycles. The van der Waals surface area contributed by atoms with Crippen LogP contribution < -0.4 is 18.5 Å². The zero-order valence-electron chi connectivity index (χ0n) is 15.8. The summed E-state index contributed by atoms with van der Waals surface area (Å²) in [7, 11) is 0. The van der Waals surface area contributed by atoms with Crippen molar-refractivity contribution in [2.24, 2.45) is 0 Å². The molecule has 0 heterocycles. The average Bonchev–Trinajstić information content (AvgIpc) is 2.64. The van der Waals surface area contributed by atoms with Crippen molar-refractivity contribution in [2.75, 3.05) is 36.0 Å². The molecule has 0 spiro atoms. The van der Waals surface area contributed by atoms with Crippen LogP contribution in [0.25, 0.3) is 0 Å². The van der Waals surface area contributed by atoms with E-state index in [1.807, 2.05) is 0 Å². The second kappa shape index (κ2) is 9.18. The van der Waals surface area contributed by atoms with Crippen LogP contribution in [0.1, 0.15) is 27.7 Å². The Morgan fingerprint density at radius 2 is 0.875 bits per heavy atom. The Labute approximate surface area is 152 Å². The predicted octanol–water partition coefficient (Wildman–Crippen LogP) is 3.62. The molecule has 3 heteroatoms. The number of benzene rings is 2. The van der Waals surface area contributed by atoms with Crippen molar-refractivity contribution in [3.05, 3.63) is 48.5 Å². The number of anilines is 2. The van der Waals surface area contributed by atoms with Gasteiger partial charge in [0.1, 0.15) is 0 Å². The number of hydrogen-bond acceptors (Lipinski definition) is 2. The molecule has 0 atom stereocenters. The molecule has 2 aromatic carbocycles. The van der Waals surface area contributed by atoms with Gasteiger partial charge in [-0.1, -0.05) is 0 Å². The van der Waals surface area contributed by atoms with E-state index in [4.69, 9.17) is 0 Å². The van der Waals surface area contributed by atoms with Crippen molar-refractivity contribution >= 4 is 34.7 Å². The van der Waals surface area contributed by atoms with Gasteiger partial charge in [0.15, 0.2) is 0 Å². The summed E-state index contributed by atoms with van der Waals surface area (Å²) >= 11 is -1.17. The van der Waals surface area contributed by atoms with E-state index < -0.39 is 14.7 Å². The molecule has 2 rings (SSSR count). The van der Waals surface area contributed by atoms with Crippen LogP contribution in [0.2, 0.25) is 5.71 Å². The van der Waals surface area contributed by atoms with E-state index in [2.05, 4.69) is 91.7 Å². The molecule has 2 nitrogen and oxygen atoms in total. The minimum absolute atomic E-state index is 1.07. The first kappa shape index (κ1) is 18.9. The molecule has 0 amide bonds. The second-order valence-corrected chi connectivity index (χ2v) is 10.4. The molecular formula is C21H31AsN2. The maximum absolute atomic E-state index is 2.44. The third-order valence-electron chi connectivity index (χ3n) is 4.73. The summed E-state index contributed by atoms with van der Waals surface area (Å²) in [6, 6.07) is 18.5. The van der Waals surface area contributed by atoms with Gasteiger partial charge in [0, 0.05) is 0 Å². The van der Waals surface area contributed by atoms with Crippen LogP contribution >= 0.6 is 0 Å². The molecule has 0 aliphatic heterocycles. The molecule has 0 radical (unpaired) electrons. The Hall–Kier alpha value is -1.40. The van der Waals surface area contributed by atoms with E-state index in [0.29, 0.717) is 0 Å². The summed E-state index contributed by atoms with van der Waals surface area (Å²) in [5.74, 6) is 0. The first-order chi connectivity index (χ1) is 11.6. The third kappa shape index (κ3) is 4.36. The van der Waals surface area contributed by atoms with Gasteiger partial charge in [0.2, 0.25) is 0 Å². The van der Waals surface area contributed by atoms with Crippen LogP contribution in [-0.2, 0) is 0 Å². The fraction of sp³-hybridized carbons (Fsp3) is 0.429. The molecule has 2 aromatic rings. The molecule has 0 bridgehead atoms. The summed E-state index contributed by atoms with van der Waals surface area (Å²) in [6.45, 7) is 13.1. The van der Waals surface area contributed by atoms with Crippen LogP contribution in [0.3, 0.4) is 0 Å². The van der Waals surface area contributed by atoms with Crippen LogP contribution in [0, 0.1) is 0 Å². The Morgan fingerprint density at radius 3 is 1.12 bits per heavy atom. The van der Waals surface area contributed by atoms with Gasteiger partial charge in [-0.05, 0) is 0 Å². The van der Waals surface area contributed by atoms with Gasteiger partial charge in [-0.2, -0.15) is 0 Å². The van der Waals surface area contributed by atoms with Gasteiger partial charge in [0.25, 0.3) is 0 Å². The van der Waals surface area contributed by atoms with Crippen LogP contribution in [0.5, 0.6) is 0 Å². The van der Waals surface area contributed by atoms with Crippen molar-refractivity contribution in [1.82, 2.24) is 0 Å². The van der Waals surface area contributed by atoms with Crippen molar-refractivity contribution in [1.29, 1.82) is 0 Å². The molecule has 0 aliphatic rings. The minimum atomic E-state index is -1.17. The Kier molecular flexibility index (Phi) is 7.24. The summed E-state index contributed by atoms with van der Waals surface area (Å²) in [6.07, 6.45) is 0. The normalized spacial score (nSPS) is 10.9. The number of nitrogens with zero attached hydrogens (tertiary/aromatic N) is 2. The van der Waals surface area contributed by atoms with E-state index in [1.165, 1.54) is 20.1 Å². The maximum atomic E-state index is 2.44. The first-order valence-corrected chi connectivity index (χ1v) is 12.8. The van der Waals surface area contributed by atoms with Gasteiger partial charge >= 0.3 is 153 Å². The predicted molar refractivity (Wildman–Crippen MR) is 111 cm³/mol. The first-order valence-electron chi connectivity index (χ1n) is 9.08. The van der Waals surface area contributed by atoms with Crippen molar-refractivity contribution < 1.29 is 0 Å². The SMILES string of the molecule is CCN(CC)c1ccc([As](C)c2ccc(N(CC)CC)cc2)cc1. The molecule has 0 unspecified atom stereocenters. The van der Waals surface area contributed by atoms with Gasteiger partial charge in [-0.15, -0.1) is 0 Å². The van der Waals surface area contributed by atoms with Crippen molar-refractivity contribution in [3.8, 4) is 0 Å². The van der Waals surface area contributed by atoms with E-state index in [0.717, 1.165) is 26.2 Å². The fourth-order valence-electron chi connectivity index (χ4n) is 3.10. The quantitative estimate of drug-likeness (QED) is 0.640. The van der Waals surface area contributed by atoms with Crippen LogP contribution in [-0.4, -0.2) is 40.8 Å².